The lowest BCUT2D eigenvalue weighted by Gasteiger charge is -2.20. The summed E-state index contributed by atoms with van der Waals surface area (Å²) < 4.78 is 1.81. The largest absolute Gasteiger partial charge is 0.310 e. The summed E-state index contributed by atoms with van der Waals surface area (Å²) >= 11 is 6.11. The third-order valence-corrected chi connectivity index (χ3v) is 3.49. The van der Waals surface area contributed by atoms with E-state index in [4.69, 9.17) is 11.6 Å². The molecule has 0 fully saturated rings. The number of likely N-dealkylation sites (N-methyl/N-ethyl adjacent to an activating group) is 1. The summed E-state index contributed by atoms with van der Waals surface area (Å²) in [7, 11) is 1.91. The Hall–Kier alpha value is -1.39. The van der Waals surface area contributed by atoms with Gasteiger partial charge in [-0.15, -0.1) is 0 Å². The number of aryl methyl sites for hydroxylation is 2. The van der Waals surface area contributed by atoms with E-state index >= 15 is 0 Å². The zero-order valence-electron chi connectivity index (χ0n) is 11.5. The SMILES string of the molecule is CCNC(Cc1ncnn1C)c1cc(Cl)ccc1C. The molecule has 1 heterocycles. The predicted molar refractivity (Wildman–Crippen MR) is 77.3 cm³/mol. The summed E-state index contributed by atoms with van der Waals surface area (Å²) in [5.41, 5.74) is 2.45. The Morgan fingerprint density at radius 3 is 2.84 bits per heavy atom. The second kappa shape index (κ2) is 6.17. The molecular formula is C14H19ClN4. The molecule has 2 aromatic rings. The number of nitrogens with one attached hydrogen (secondary N) is 1. The van der Waals surface area contributed by atoms with Crippen LogP contribution in [0, 0.1) is 6.92 Å². The maximum atomic E-state index is 6.11. The first-order valence-electron chi connectivity index (χ1n) is 6.44. The van der Waals surface area contributed by atoms with E-state index in [-0.39, 0.29) is 6.04 Å². The van der Waals surface area contributed by atoms with Gasteiger partial charge in [-0.05, 0) is 36.7 Å². The topological polar surface area (TPSA) is 42.7 Å². The highest BCUT2D eigenvalue weighted by Gasteiger charge is 2.16. The molecule has 0 radical (unpaired) electrons. The quantitative estimate of drug-likeness (QED) is 0.914. The monoisotopic (exact) mass is 278 g/mol. The van der Waals surface area contributed by atoms with Crippen LogP contribution in [-0.2, 0) is 13.5 Å². The Kier molecular flexibility index (Phi) is 4.56. The van der Waals surface area contributed by atoms with Gasteiger partial charge in [-0.3, -0.25) is 4.68 Å². The van der Waals surface area contributed by atoms with Crippen LogP contribution in [0.15, 0.2) is 24.5 Å². The molecule has 19 heavy (non-hydrogen) atoms. The van der Waals surface area contributed by atoms with Crippen LogP contribution in [0.5, 0.6) is 0 Å². The smallest absolute Gasteiger partial charge is 0.138 e. The minimum atomic E-state index is 0.201. The van der Waals surface area contributed by atoms with E-state index in [1.165, 1.54) is 11.1 Å². The van der Waals surface area contributed by atoms with Crippen molar-refractivity contribution in [3.05, 3.63) is 46.5 Å². The summed E-state index contributed by atoms with van der Waals surface area (Å²) in [6, 6.07) is 6.21. The number of hydrogen-bond acceptors (Lipinski definition) is 3. The van der Waals surface area contributed by atoms with Crippen LogP contribution in [0.25, 0.3) is 0 Å². The molecule has 1 N–H and O–H groups in total. The molecule has 0 aliphatic heterocycles. The maximum absolute atomic E-state index is 6.11. The fourth-order valence-corrected chi connectivity index (χ4v) is 2.39. The molecule has 0 aliphatic carbocycles. The van der Waals surface area contributed by atoms with Crippen LogP contribution >= 0.6 is 11.6 Å². The number of benzene rings is 1. The number of nitrogens with zero attached hydrogens (tertiary/aromatic N) is 3. The van der Waals surface area contributed by atoms with Crippen molar-refractivity contribution in [2.24, 2.45) is 7.05 Å². The Labute approximate surface area is 118 Å². The molecule has 1 aromatic carbocycles. The lowest BCUT2D eigenvalue weighted by Crippen LogP contribution is -2.25. The van der Waals surface area contributed by atoms with E-state index in [1.54, 1.807) is 6.33 Å². The van der Waals surface area contributed by atoms with Gasteiger partial charge in [-0.1, -0.05) is 24.6 Å². The van der Waals surface area contributed by atoms with Gasteiger partial charge < -0.3 is 5.32 Å². The van der Waals surface area contributed by atoms with Gasteiger partial charge in [-0.25, -0.2) is 4.98 Å². The van der Waals surface area contributed by atoms with E-state index in [0.717, 1.165) is 23.8 Å². The lowest BCUT2D eigenvalue weighted by molar-refractivity contribution is 0.520. The molecule has 0 spiro atoms. The number of aromatic nitrogens is 3. The first-order chi connectivity index (χ1) is 9.11. The van der Waals surface area contributed by atoms with Gasteiger partial charge in [0.25, 0.3) is 0 Å². The van der Waals surface area contributed by atoms with Crippen LogP contribution < -0.4 is 5.32 Å². The van der Waals surface area contributed by atoms with E-state index in [0.29, 0.717) is 0 Å². The lowest BCUT2D eigenvalue weighted by atomic mass is 9.98. The minimum absolute atomic E-state index is 0.201. The van der Waals surface area contributed by atoms with E-state index < -0.39 is 0 Å². The summed E-state index contributed by atoms with van der Waals surface area (Å²) in [6.07, 6.45) is 2.38. The Balaban J connectivity index is 2.29. The van der Waals surface area contributed by atoms with Crippen molar-refractivity contribution in [1.29, 1.82) is 0 Å². The number of halogens is 1. The fraction of sp³-hybridized carbons (Fsp3) is 0.429. The molecule has 1 atom stereocenters. The highest BCUT2D eigenvalue weighted by atomic mass is 35.5. The van der Waals surface area contributed by atoms with Gasteiger partial charge in [-0.2, -0.15) is 5.10 Å². The zero-order chi connectivity index (χ0) is 13.8. The van der Waals surface area contributed by atoms with Gasteiger partial charge >= 0.3 is 0 Å². The van der Waals surface area contributed by atoms with Crippen molar-refractivity contribution in [2.45, 2.75) is 26.3 Å². The van der Waals surface area contributed by atoms with Crippen LogP contribution in [0.2, 0.25) is 5.02 Å². The molecule has 0 aliphatic rings. The average molecular weight is 279 g/mol. The summed E-state index contributed by atoms with van der Waals surface area (Å²) in [5, 5.41) is 8.37. The first-order valence-corrected chi connectivity index (χ1v) is 6.82. The van der Waals surface area contributed by atoms with Gasteiger partial charge in [0.05, 0.1) is 0 Å². The van der Waals surface area contributed by atoms with Crippen molar-refractivity contribution in [1.82, 2.24) is 20.1 Å². The van der Waals surface area contributed by atoms with Gasteiger partial charge in [0.1, 0.15) is 12.2 Å². The van der Waals surface area contributed by atoms with E-state index in [9.17, 15) is 0 Å². The molecule has 0 saturated heterocycles. The summed E-state index contributed by atoms with van der Waals surface area (Å²) in [4.78, 5) is 4.29. The third-order valence-electron chi connectivity index (χ3n) is 3.26. The molecular weight excluding hydrogens is 260 g/mol. The molecule has 0 bridgehead atoms. The molecule has 102 valence electrons. The molecule has 1 aromatic heterocycles. The van der Waals surface area contributed by atoms with E-state index in [2.05, 4.69) is 35.3 Å². The van der Waals surface area contributed by atoms with E-state index in [1.807, 2.05) is 23.9 Å². The van der Waals surface area contributed by atoms with Gasteiger partial charge in [0.2, 0.25) is 0 Å². The Morgan fingerprint density at radius 1 is 1.42 bits per heavy atom. The molecule has 1 unspecified atom stereocenters. The summed E-state index contributed by atoms with van der Waals surface area (Å²) in [5.74, 6) is 0.963. The highest BCUT2D eigenvalue weighted by molar-refractivity contribution is 6.30. The van der Waals surface area contributed by atoms with Crippen LogP contribution in [0.1, 0.15) is 29.9 Å². The molecule has 2 rings (SSSR count). The van der Waals surface area contributed by atoms with Crippen molar-refractivity contribution in [3.8, 4) is 0 Å². The van der Waals surface area contributed by atoms with Crippen LogP contribution in [0.3, 0.4) is 0 Å². The van der Waals surface area contributed by atoms with Crippen molar-refractivity contribution < 1.29 is 0 Å². The maximum Gasteiger partial charge on any atom is 0.138 e. The molecule has 5 heteroatoms. The Bertz CT molecular complexity index is 550. The Morgan fingerprint density at radius 2 is 2.21 bits per heavy atom. The number of rotatable bonds is 5. The van der Waals surface area contributed by atoms with Gasteiger partial charge in [0, 0.05) is 24.5 Å². The zero-order valence-corrected chi connectivity index (χ0v) is 12.3. The minimum Gasteiger partial charge on any atom is -0.310 e. The van der Waals surface area contributed by atoms with Crippen molar-refractivity contribution in [2.75, 3.05) is 6.54 Å². The standard InChI is InChI=1S/C14H19ClN4/c1-4-16-13(8-14-17-9-18-19(14)3)12-7-11(15)6-5-10(12)2/h5-7,9,13,16H,4,8H2,1-3H3. The van der Waals surface area contributed by atoms with Crippen LogP contribution in [-0.4, -0.2) is 21.3 Å². The first kappa shape index (κ1) is 14.0. The second-order valence-corrected chi connectivity index (χ2v) is 5.05. The highest BCUT2D eigenvalue weighted by Crippen LogP contribution is 2.24. The summed E-state index contributed by atoms with van der Waals surface area (Å²) in [6.45, 7) is 5.10. The van der Waals surface area contributed by atoms with Gasteiger partial charge in [0.15, 0.2) is 0 Å². The molecule has 0 amide bonds. The second-order valence-electron chi connectivity index (χ2n) is 4.62. The van der Waals surface area contributed by atoms with Crippen molar-refractivity contribution in [3.63, 3.8) is 0 Å². The normalized spacial score (nSPS) is 12.6. The third kappa shape index (κ3) is 3.33. The van der Waals surface area contributed by atoms with Crippen molar-refractivity contribution >= 4 is 11.6 Å². The molecule has 0 saturated carbocycles. The fourth-order valence-electron chi connectivity index (χ4n) is 2.21. The predicted octanol–water partition coefficient (Wildman–Crippen LogP) is 2.67. The number of hydrogen-bond donors (Lipinski definition) is 1. The average Bonchev–Trinajstić information content (AvgIpc) is 2.78. The molecule has 4 nitrogen and oxygen atoms in total. The van der Waals surface area contributed by atoms with Crippen LogP contribution in [0.4, 0.5) is 0 Å².